The molecule has 210 valence electrons. The molecule has 0 bridgehead atoms. The van der Waals surface area contributed by atoms with E-state index in [9.17, 15) is 14.0 Å². The summed E-state index contributed by atoms with van der Waals surface area (Å²) in [5, 5.41) is 14.3. The molecule has 12 heteroatoms. The smallest absolute Gasteiger partial charge is 0.267 e. The number of pyridine rings is 2. The highest BCUT2D eigenvalue weighted by atomic mass is 19.1. The largest absolute Gasteiger partial charge is 0.452 e. The lowest BCUT2D eigenvalue weighted by Crippen LogP contribution is -2.27. The zero-order valence-electron chi connectivity index (χ0n) is 22.4. The molecule has 2 N–H and O–H groups in total. The third-order valence-electron chi connectivity index (χ3n) is 6.69. The summed E-state index contributed by atoms with van der Waals surface area (Å²) in [5.74, 6) is -1.64. The third kappa shape index (κ3) is 5.08. The number of hydrogen-bond donors (Lipinski definition) is 2. The summed E-state index contributed by atoms with van der Waals surface area (Å²) in [6.07, 6.45) is 6.54. The van der Waals surface area contributed by atoms with E-state index in [1.54, 1.807) is 39.9 Å². The Labute approximate surface area is 237 Å². The first-order valence-corrected chi connectivity index (χ1v) is 12.8. The van der Waals surface area contributed by atoms with Gasteiger partial charge in [-0.15, -0.1) is 0 Å². The van der Waals surface area contributed by atoms with Crippen molar-refractivity contribution in [1.82, 2.24) is 24.0 Å². The van der Waals surface area contributed by atoms with Gasteiger partial charge in [-0.05, 0) is 61.5 Å². The molecule has 10 nitrogen and oxygen atoms in total. The summed E-state index contributed by atoms with van der Waals surface area (Å²) in [5.41, 5.74) is 2.72. The van der Waals surface area contributed by atoms with Crippen molar-refractivity contribution in [2.75, 3.05) is 10.6 Å². The second-order valence-corrected chi connectivity index (χ2v) is 9.42. The van der Waals surface area contributed by atoms with Crippen LogP contribution in [0.25, 0.3) is 11.2 Å². The minimum atomic E-state index is -0.733. The van der Waals surface area contributed by atoms with Crippen molar-refractivity contribution in [3.63, 3.8) is 0 Å². The fraction of sp³-hybridized carbons (Fsp3) is 0.0667. The normalized spacial score (nSPS) is 11.0. The zero-order valence-corrected chi connectivity index (χ0v) is 22.4. The van der Waals surface area contributed by atoms with Crippen molar-refractivity contribution >= 4 is 28.5 Å². The van der Waals surface area contributed by atoms with E-state index < -0.39 is 23.1 Å². The van der Waals surface area contributed by atoms with Gasteiger partial charge >= 0.3 is 0 Å². The molecule has 0 fully saturated rings. The van der Waals surface area contributed by atoms with Gasteiger partial charge in [-0.2, -0.15) is 10.2 Å². The SMILES string of the molecule is Cc1c(Nc2cc(Oc3ccc(NC(=O)c4cccn(-c5ccc(F)cc5)c4=O)cc3F)c3ccnn3c2)cnn1C. The van der Waals surface area contributed by atoms with Gasteiger partial charge in [0.25, 0.3) is 11.5 Å². The van der Waals surface area contributed by atoms with Gasteiger partial charge < -0.3 is 15.4 Å². The number of carbonyl (C=O) groups excluding carboxylic acids is 1. The predicted molar refractivity (Wildman–Crippen MR) is 153 cm³/mol. The number of nitrogens with zero attached hydrogens (tertiary/aromatic N) is 5. The molecule has 0 unspecified atom stereocenters. The molecular weight excluding hydrogens is 544 g/mol. The van der Waals surface area contributed by atoms with Crippen LogP contribution in [0.3, 0.4) is 0 Å². The first-order valence-electron chi connectivity index (χ1n) is 12.8. The van der Waals surface area contributed by atoms with Crippen LogP contribution in [0.4, 0.5) is 25.8 Å². The number of benzene rings is 2. The molecule has 4 heterocycles. The number of halogens is 2. The highest BCUT2D eigenvalue weighted by Gasteiger charge is 2.16. The maximum atomic E-state index is 15.2. The van der Waals surface area contributed by atoms with E-state index in [0.717, 1.165) is 17.4 Å². The molecule has 6 rings (SSSR count). The minimum Gasteiger partial charge on any atom is -0.452 e. The van der Waals surface area contributed by atoms with E-state index in [1.165, 1.54) is 59.3 Å². The predicted octanol–water partition coefficient (Wildman–Crippen LogP) is 5.59. The van der Waals surface area contributed by atoms with E-state index in [1.807, 2.05) is 14.0 Å². The molecule has 0 saturated heterocycles. The third-order valence-corrected chi connectivity index (χ3v) is 6.69. The van der Waals surface area contributed by atoms with Crippen molar-refractivity contribution in [2.45, 2.75) is 6.92 Å². The lowest BCUT2D eigenvalue weighted by Gasteiger charge is -2.13. The summed E-state index contributed by atoms with van der Waals surface area (Å²) in [6, 6.07) is 15.6. The molecule has 0 atom stereocenters. The van der Waals surface area contributed by atoms with Gasteiger partial charge in [-0.1, -0.05) is 0 Å². The second kappa shape index (κ2) is 10.7. The molecular formula is C30H23F2N7O3. The number of carbonyl (C=O) groups is 1. The van der Waals surface area contributed by atoms with E-state index in [4.69, 9.17) is 4.74 Å². The lowest BCUT2D eigenvalue weighted by molar-refractivity contribution is 0.102. The molecule has 42 heavy (non-hydrogen) atoms. The maximum Gasteiger partial charge on any atom is 0.267 e. The number of amides is 1. The molecule has 0 radical (unpaired) electrons. The van der Waals surface area contributed by atoms with Crippen molar-refractivity contribution in [1.29, 1.82) is 0 Å². The summed E-state index contributed by atoms with van der Waals surface area (Å²) in [7, 11) is 1.84. The molecule has 0 spiro atoms. The summed E-state index contributed by atoms with van der Waals surface area (Å²) >= 11 is 0. The Morgan fingerprint density at radius 2 is 1.76 bits per heavy atom. The van der Waals surface area contributed by atoms with Gasteiger partial charge in [0.05, 0.1) is 35.7 Å². The Bertz CT molecular complexity index is 2010. The van der Waals surface area contributed by atoms with Gasteiger partial charge in [0.2, 0.25) is 0 Å². The summed E-state index contributed by atoms with van der Waals surface area (Å²) in [4.78, 5) is 25.9. The van der Waals surface area contributed by atoms with E-state index in [-0.39, 0.29) is 17.0 Å². The van der Waals surface area contributed by atoms with Gasteiger partial charge in [-0.25, -0.2) is 13.3 Å². The zero-order chi connectivity index (χ0) is 29.4. The highest BCUT2D eigenvalue weighted by molar-refractivity contribution is 6.04. The minimum absolute atomic E-state index is 0.0795. The number of rotatable bonds is 7. The van der Waals surface area contributed by atoms with Crippen LogP contribution in [-0.2, 0) is 7.05 Å². The monoisotopic (exact) mass is 567 g/mol. The van der Waals surface area contributed by atoms with E-state index in [0.29, 0.717) is 22.6 Å². The molecule has 0 aliphatic carbocycles. The average Bonchev–Trinajstić information content (AvgIpc) is 3.57. The maximum absolute atomic E-state index is 15.2. The van der Waals surface area contributed by atoms with Crippen LogP contribution >= 0.6 is 0 Å². The molecule has 2 aromatic carbocycles. The van der Waals surface area contributed by atoms with Crippen LogP contribution in [0, 0.1) is 18.6 Å². The second-order valence-electron chi connectivity index (χ2n) is 9.42. The van der Waals surface area contributed by atoms with Crippen molar-refractivity contribution < 1.29 is 18.3 Å². The summed E-state index contributed by atoms with van der Waals surface area (Å²) in [6.45, 7) is 1.92. The van der Waals surface area contributed by atoms with Gasteiger partial charge in [0.15, 0.2) is 17.3 Å². The Morgan fingerprint density at radius 1 is 0.952 bits per heavy atom. The number of aromatic nitrogens is 5. The standard InChI is InChI=1S/C30H23F2N7O3/c1-18-25(16-34-37(18)2)35-21-15-28(26-11-12-33-39(26)17-21)42-27-10-7-20(14-24(27)32)36-29(40)23-4-3-13-38(30(23)41)22-8-5-19(31)6-9-22/h3-17,35H,1-2H3,(H,36,40). The number of aryl methyl sites for hydroxylation is 1. The number of ether oxygens (including phenoxy) is 1. The molecule has 0 saturated carbocycles. The fourth-order valence-electron chi connectivity index (χ4n) is 4.37. The Hall–Kier alpha value is -5.78. The van der Waals surface area contributed by atoms with Crippen molar-refractivity contribution in [2.24, 2.45) is 7.05 Å². The Morgan fingerprint density at radius 3 is 2.50 bits per heavy atom. The van der Waals surface area contributed by atoms with E-state index >= 15 is 4.39 Å². The topological polar surface area (TPSA) is 107 Å². The quantitative estimate of drug-likeness (QED) is 0.260. The van der Waals surface area contributed by atoms with Crippen LogP contribution in [-0.4, -0.2) is 29.9 Å². The highest BCUT2D eigenvalue weighted by Crippen LogP contribution is 2.33. The Kier molecular flexibility index (Phi) is 6.71. The van der Waals surface area contributed by atoms with E-state index in [2.05, 4.69) is 20.8 Å². The van der Waals surface area contributed by atoms with Crippen molar-refractivity contribution in [3.05, 3.63) is 125 Å². The van der Waals surface area contributed by atoms with Gasteiger partial charge in [-0.3, -0.25) is 18.8 Å². The molecule has 0 aliphatic rings. The molecule has 4 aromatic heterocycles. The summed E-state index contributed by atoms with van der Waals surface area (Å²) < 4.78 is 39.0. The van der Waals surface area contributed by atoms with Gasteiger partial charge in [0.1, 0.15) is 16.9 Å². The van der Waals surface area contributed by atoms with Crippen molar-refractivity contribution in [3.8, 4) is 17.2 Å². The number of anilines is 3. The first-order chi connectivity index (χ1) is 20.3. The Balaban J connectivity index is 1.23. The lowest BCUT2D eigenvalue weighted by atomic mass is 10.2. The molecule has 1 amide bonds. The van der Waals surface area contributed by atoms with Crippen LogP contribution < -0.4 is 20.9 Å². The fourth-order valence-corrected chi connectivity index (χ4v) is 4.37. The number of fused-ring (bicyclic) bond motifs is 1. The molecule has 6 aromatic rings. The van der Waals surface area contributed by atoms with Crippen LogP contribution in [0.15, 0.2) is 96.3 Å². The van der Waals surface area contributed by atoms with Crippen LogP contribution in [0.2, 0.25) is 0 Å². The van der Waals surface area contributed by atoms with Crippen LogP contribution in [0.1, 0.15) is 16.1 Å². The first kappa shape index (κ1) is 26.4. The number of hydrogen-bond acceptors (Lipinski definition) is 6. The number of nitrogens with one attached hydrogen (secondary N) is 2. The van der Waals surface area contributed by atoms with Gasteiger partial charge in [0, 0.05) is 36.8 Å². The van der Waals surface area contributed by atoms with Crippen LogP contribution in [0.5, 0.6) is 11.5 Å². The molecule has 0 aliphatic heterocycles. The average molecular weight is 568 g/mol.